The monoisotopic (exact) mass is 300 g/mol. The number of aromatic nitrogens is 1. The van der Waals surface area contributed by atoms with E-state index in [2.05, 4.69) is 10.3 Å². The van der Waals surface area contributed by atoms with E-state index in [4.69, 9.17) is 0 Å². The number of hydrogen-bond acceptors (Lipinski definition) is 4. The van der Waals surface area contributed by atoms with Crippen LogP contribution >= 0.6 is 11.3 Å². The number of nitrogens with one attached hydrogen (secondary N) is 1. The van der Waals surface area contributed by atoms with Crippen LogP contribution in [0.4, 0.5) is 10.1 Å². The summed E-state index contributed by atoms with van der Waals surface area (Å²) >= 11 is 1.59. The topological polar surface area (TPSA) is 45.1 Å². The highest BCUT2D eigenvalue weighted by atomic mass is 32.1. The van der Waals surface area contributed by atoms with Crippen molar-refractivity contribution in [1.82, 2.24) is 4.98 Å². The number of phenolic OH excluding ortho intramolecular Hbond substituents is 1. The summed E-state index contributed by atoms with van der Waals surface area (Å²) in [5, 5.41) is 15.5. The van der Waals surface area contributed by atoms with Crippen LogP contribution in [0.3, 0.4) is 0 Å². The van der Waals surface area contributed by atoms with Gasteiger partial charge < -0.3 is 10.4 Å². The lowest BCUT2D eigenvalue weighted by molar-refractivity contribution is 0.468. The molecule has 0 aliphatic rings. The lowest BCUT2D eigenvalue weighted by Gasteiger charge is -2.08. The molecule has 0 spiro atoms. The molecule has 0 bridgehead atoms. The summed E-state index contributed by atoms with van der Waals surface area (Å²) in [7, 11) is 0. The Balaban J connectivity index is 1.68. The lowest BCUT2D eigenvalue weighted by atomic mass is 10.2. The second-order valence-corrected chi connectivity index (χ2v) is 5.48. The van der Waals surface area contributed by atoms with Crippen LogP contribution in [0, 0.1) is 5.82 Å². The van der Waals surface area contributed by atoms with Gasteiger partial charge in [-0.1, -0.05) is 0 Å². The molecule has 3 rings (SSSR count). The van der Waals surface area contributed by atoms with Gasteiger partial charge in [-0.05, 0) is 42.0 Å². The molecule has 0 fully saturated rings. The molecule has 0 unspecified atom stereocenters. The SMILES string of the molecule is Oc1cc(F)cc(CNc2ccc(-c3nccs3)cc2)c1. The second kappa shape index (κ2) is 5.93. The van der Waals surface area contributed by atoms with E-state index in [1.807, 2.05) is 29.6 Å². The molecule has 3 nitrogen and oxygen atoms in total. The molecule has 21 heavy (non-hydrogen) atoms. The Hall–Kier alpha value is -2.40. The summed E-state index contributed by atoms with van der Waals surface area (Å²) in [4.78, 5) is 4.26. The average molecular weight is 300 g/mol. The molecule has 0 atom stereocenters. The third kappa shape index (κ3) is 3.38. The van der Waals surface area contributed by atoms with E-state index in [1.54, 1.807) is 23.6 Å². The maximum absolute atomic E-state index is 13.2. The van der Waals surface area contributed by atoms with Crippen molar-refractivity contribution in [2.75, 3.05) is 5.32 Å². The number of aromatic hydroxyl groups is 1. The Labute approximate surface area is 125 Å². The third-order valence-electron chi connectivity index (χ3n) is 3.00. The van der Waals surface area contributed by atoms with Crippen molar-refractivity contribution < 1.29 is 9.50 Å². The van der Waals surface area contributed by atoms with E-state index in [0.29, 0.717) is 12.1 Å². The summed E-state index contributed by atoms with van der Waals surface area (Å²) in [5.41, 5.74) is 2.69. The molecule has 0 aliphatic heterocycles. The lowest BCUT2D eigenvalue weighted by Crippen LogP contribution is -1.99. The average Bonchev–Trinajstić information content (AvgIpc) is 2.99. The van der Waals surface area contributed by atoms with Crippen LogP contribution in [0.5, 0.6) is 5.75 Å². The Morgan fingerprint density at radius 2 is 1.95 bits per heavy atom. The van der Waals surface area contributed by atoms with Gasteiger partial charge in [0, 0.05) is 35.4 Å². The fourth-order valence-electron chi connectivity index (χ4n) is 2.04. The fraction of sp³-hybridized carbons (Fsp3) is 0.0625. The number of phenols is 1. The molecule has 5 heteroatoms. The van der Waals surface area contributed by atoms with Gasteiger partial charge in [-0.2, -0.15) is 0 Å². The molecule has 1 aromatic heterocycles. The Kier molecular flexibility index (Phi) is 3.83. The Morgan fingerprint density at radius 1 is 1.14 bits per heavy atom. The molecule has 0 saturated heterocycles. The molecular weight excluding hydrogens is 287 g/mol. The van der Waals surface area contributed by atoms with Crippen molar-refractivity contribution in [1.29, 1.82) is 0 Å². The molecule has 0 saturated carbocycles. The minimum atomic E-state index is -0.439. The molecule has 2 N–H and O–H groups in total. The normalized spacial score (nSPS) is 10.5. The van der Waals surface area contributed by atoms with Gasteiger partial charge in [-0.3, -0.25) is 0 Å². The van der Waals surface area contributed by atoms with Gasteiger partial charge in [0.05, 0.1) is 0 Å². The summed E-state index contributed by atoms with van der Waals surface area (Å²) in [5.74, 6) is -0.503. The number of benzene rings is 2. The van der Waals surface area contributed by atoms with Gasteiger partial charge in [-0.25, -0.2) is 9.37 Å². The molecule has 0 radical (unpaired) electrons. The summed E-state index contributed by atoms with van der Waals surface area (Å²) < 4.78 is 13.2. The Morgan fingerprint density at radius 3 is 2.62 bits per heavy atom. The van der Waals surface area contributed by atoms with E-state index in [1.165, 1.54) is 6.07 Å². The molecule has 0 amide bonds. The van der Waals surface area contributed by atoms with Crippen LogP contribution in [0.2, 0.25) is 0 Å². The third-order valence-corrected chi connectivity index (χ3v) is 3.83. The van der Waals surface area contributed by atoms with Gasteiger partial charge in [0.25, 0.3) is 0 Å². The quantitative estimate of drug-likeness (QED) is 0.756. The van der Waals surface area contributed by atoms with Crippen molar-refractivity contribution in [2.45, 2.75) is 6.54 Å². The van der Waals surface area contributed by atoms with Crippen LogP contribution in [0.15, 0.2) is 54.0 Å². The first-order valence-corrected chi connectivity index (χ1v) is 7.31. The molecule has 106 valence electrons. The zero-order valence-corrected chi connectivity index (χ0v) is 11.9. The predicted octanol–water partition coefficient (Wildman–Crippen LogP) is 4.27. The first kappa shape index (κ1) is 13.6. The number of rotatable bonds is 4. The van der Waals surface area contributed by atoms with Crippen molar-refractivity contribution in [3.8, 4) is 16.3 Å². The summed E-state index contributed by atoms with van der Waals surface area (Å²) in [6.45, 7) is 0.446. The number of anilines is 1. The predicted molar refractivity (Wildman–Crippen MR) is 82.9 cm³/mol. The van der Waals surface area contributed by atoms with Crippen molar-refractivity contribution in [2.24, 2.45) is 0 Å². The molecule has 1 heterocycles. The second-order valence-electron chi connectivity index (χ2n) is 4.59. The van der Waals surface area contributed by atoms with E-state index in [0.717, 1.165) is 22.3 Å². The minimum absolute atomic E-state index is 0.0640. The molecular formula is C16H13FN2OS. The van der Waals surface area contributed by atoms with Crippen LogP contribution in [0.1, 0.15) is 5.56 Å². The van der Waals surface area contributed by atoms with Crippen LogP contribution < -0.4 is 5.32 Å². The maximum atomic E-state index is 13.2. The number of nitrogens with zero attached hydrogens (tertiary/aromatic N) is 1. The van der Waals surface area contributed by atoms with E-state index < -0.39 is 5.82 Å². The smallest absolute Gasteiger partial charge is 0.127 e. The van der Waals surface area contributed by atoms with Crippen LogP contribution in [0.25, 0.3) is 10.6 Å². The van der Waals surface area contributed by atoms with Gasteiger partial charge >= 0.3 is 0 Å². The van der Waals surface area contributed by atoms with Crippen molar-refractivity contribution in [3.05, 3.63) is 65.4 Å². The van der Waals surface area contributed by atoms with E-state index in [9.17, 15) is 9.50 Å². The highest BCUT2D eigenvalue weighted by molar-refractivity contribution is 7.13. The fourth-order valence-corrected chi connectivity index (χ4v) is 2.68. The highest BCUT2D eigenvalue weighted by Crippen LogP contribution is 2.23. The molecule has 2 aromatic carbocycles. The van der Waals surface area contributed by atoms with Gasteiger partial charge in [-0.15, -0.1) is 11.3 Å². The largest absolute Gasteiger partial charge is 0.508 e. The standard InChI is InChI=1S/C16H13FN2OS/c17-13-7-11(8-15(20)9-13)10-19-14-3-1-12(2-4-14)16-18-5-6-21-16/h1-9,19-20H,10H2. The van der Waals surface area contributed by atoms with Crippen molar-refractivity contribution in [3.63, 3.8) is 0 Å². The maximum Gasteiger partial charge on any atom is 0.127 e. The van der Waals surface area contributed by atoms with E-state index in [-0.39, 0.29) is 5.75 Å². The zero-order valence-electron chi connectivity index (χ0n) is 11.1. The molecule has 0 aliphatic carbocycles. The summed E-state index contributed by atoms with van der Waals surface area (Å²) in [6, 6.07) is 11.9. The van der Waals surface area contributed by atoms with Gasteiger partial charge in [0.1, 0.15) is 16.6 Å². The van der Waals surface area contributed by atoms with Gasteiger partial charge in [0.2, 0.25) is 0 Å². The minimum Gasteiger partial charge on any atom is -0.508 e. The first-order valence-electron chi connectivity index (χ1n) is 6.43. The summed E-state index contributed by atoms with van der Waals surface area (Å²) in [6.07, 6.45) is 1.78. The van der Waals surface area contributed by atoms with Gasteiger partial charge in [0.15, 0.2) is 0 Å². The zero-order chi connectivity index (χ0) is 14.7. The number of thiazole rings is 1. The highest BCUT2D eigenvalue weighted by Gasteiger charge is 2.02. The van der Waals surface area contributed by atoms with Crippen LogP contribution in [-0.4, -0.2) is 10.1 Å². The molecule has 3 aromatic rings. The van der Waals surface area contributed by atoms with Crippen LogP contribution in [-0.2, 0) is 6.54 Å². The van der Waals surface area contributed by atoms with E-state index >= 15 is 0 Å². The first-order chi connectivity index (χ1) is 10.2. The number of hydrogen-bond donors (Lipinski definition) is 2. The Bertz CT molecular complexity index is 706. The van der Waals surface area contributed by atoms with Crippen molar-refractivity contribution >= 4 is 17.0 Å². The number of halogens is 1.